The summed E-state index contributed by atoms with van der Waals surface area (Å²) in [6.07, 6.45) is 2.68. The van der Waals surface area contributed by atoms with E-state index in [0.717, 1.165) is 38.7 Å². The molecule has 0 N–H and O–H groups in total. The number of thiophene rings is 1. The molecule has 136 valence electrons. The van der Waals surface area contributed by atoms with Crippen molar-refractivity contribution < 1.29 is 9.53 Å². The molecule has 1 aromatic carbocycles. The van der Waals surface area contributed by atoms with Crippen LogP contribution < -0.4 is 0 Å². The van der Waals surface area contributed by atoms with E-state index in [1.165, 1.54) is 24.0 Å². The van der Waals surface area contributed by atoms with E-state index < -0.39 is 0 Å². The van der Waals surface area contributed by atoms with Crippen LogP contribution in [0.25, 0.3) is 15.9 Å². The zero-order valence-corrected chi connectivity index (χ0v) is 16.2. The lowest BCUT2D eigenvalue weighted by Crippen LogP contribution is -1.99. The number of carbonyl (C=O) groups excluding carboxylic acids is 1. The fourth-order valence-corrected chi connectivity index (χ4v) is 4.74. The Labute approximate surface area is 163 Å². The van der Waals surface area contributed by atoms with Crippen LogP contribution in [-0.2, 0) is 4.74 Å². The summed E-state index contributed by atoms with van der Waals surface area (Å²) in [6.45, 7) is 1.90. The highest BCUT2D eigenvalue weighted by Gasteiger charge is 2.42. The summed E-state index contributed by atoms with van der Waals surface area (Å²) in [6, 6.07) is 7.96. The molecule has 2 unspecified atom stereocenters. The molecule has 0 saturated heterocycles. The van der Waals surface area contributed by atoms with Crippen molar-refractivity contribution in [3.63, 3.8) is 0 Å². The van der Waals surface area contributed by atoms with Gasteiger partial charge >= 0.3 is 5.97 Å². The van der Waals surface area contributed by atoms with Crippen molar-refractivity contribution in [3.8, 4) is 0 Å². The van der Waals surface area contributed by atoms with Gasteiger partial charge in [-0.1, -0.05) is 23.7 Å². The molecule has 4 aromatic rings. The van der Waals surface area contributed by atoms with E-state index in [9.17, 15) is 4.79 Å². The molecule has 6 nitrogen and oxygen atoms in total. The molecule has 0 aliphatic heterocycles. The number of rotatable bonds is 3. The average Bonchev–Trinajstić information content (AvgIpc) is 3.23. The van der Waals surface area contributed by atoms with E-state index in [1.54, 1.807) is 10.8 Å². The van der Waals surface area contributed by atoms with Crippen LogP contribution in [0, 0.1) is 6.92 Å². The second kappa shape index (κ2) is 6.00. The predicted octanol–water partition coefficient (Wildman–Crippen LogP) is 4.36. The molecule has 1 aliphatic carbocycles. The molecular formula is C19H15ClN4O2S. The Bertz CT molecular complexity index is 1200. The normalized spacial score (nSPS) is 18.9. The third-order valence-corrected chi connectivity index (χ3v) is 6.51. The monoisotopic (exact) mass is 398 g/mol. The summed E-state index contributed by atoms with van der Waals surface area (Å²) < 4.78 is 6.58. The molecule has 0 bridgehead atoms. The van der Waals surface area contributed by atoms with Crippen molar-refractivity contribution in [2.75, 3.05) is 7.11 Å². The summed E-state index contributed by atoms with van der Waals surface area (Å²) in [5, 5.41) is 6.25. The highest BCUT2D eigenvalue weighted by Crippen LogP contribution is 2.53. The molecule has 3 heterocycles. The van der Waals surface area contributed by atoms with Crippen LogP contribution in [0.1, 0.15) is 44.9 Å². The van der Waals surface area contributed by atoms with Gasteiger partial charge in [-0.2, -0.15) is 0 Å². The first kappa shape index (κ1) is 16.6. The number of methoxy groups -OCH3 is 1. The van der Waals surface area contributed by atoms with Gasteiger partial charge in [0.05, 0.1) is 12.5 Å². The number of hydrogen-bond acceptors (Lipinski definition) is 6. The molecule has 1 saturated carbocycles. The summed E-state index contributed by atoms with van der Waals surface area (Å²) in [7, 11) is 1.38. The lowest BCUT2D eigenvalue weighted by Gasteiger charge is -1.98. The molecule has 3 aromatic heterocycles. The maximum atomic E-state index is 12.0. The molecule has 0 radical (unpaired) electrons. The topological polar surface area (TPSA) is 69.4 Å². The smallest absolute Gasteiger partial charge is 0.348 e. The molecule has 1 fully saturated rings. The van der Waals surface area contributed by atoms with Crippen molar-refractivity contribution in [1.29, 1.82) is 0 Å². The van der Waals surface area contributed by atoms with Crippen LogP contribution in [0.5, 0.6) is 0 Å². The Morgan fingerprint density at radius 2 is 2.07 bits per heavy atom. The fraction of sp³-hybridized carbons (Fsp3) is 0.263. The number of halogens is 1. The zero-order chi connectivity index (χ0) is 18.7. The molecule has 8 heteroatoms. The second-order valence-electron chi connectivity index (χ2n) is 6.71. The van der Waals surface area contributed by atoms with Gasteiger partial charge in [0, 0.05) is 10.9 Å². The molecule has 27 heavy (non-hydrogen) atoms. The Hall–Kier alpha value is -2.51. The van der Waals surface area contributed by atoms with Crippen LogP contribution in [0.4, 0.5) is 0 Å². The van der Waals surface area contributed by atoms with Crippen molar-refractivity contribution in [1.82, 2.24) is 19.6 Å². The SMILES string of the molecule is COC(=O)c1sc2ncn3nc(C4CC4c4ccc(Cl)cc4)nc3c2c1C. The number of benzene rings is 1. The second-order valence-corrected chi connectivity index (χ2v) is 8.15. The maximum absolute atomic E-state index is 12.0. The number of esters is 1. The van der Waals surface area contributed by atoms with Crippen LogP contribution >= 0.6 is 22.9 Å². The van der Waals surface area contributed by atoms with E-state index in [-0.39, 0.29) is 5.97 Å². The number of nitrogens with zero attached hydrogens (tertiary/aromatic N) is 4. The first-order chi connectivity index (χ1) is 13.1. The minimum absolute atomic E-state index is 0.292. The van der Waals surface area contributed by atoms with Crippen molar-refractivity contribution in [3.05, 3.63) is 57.4 Å². The minimum atomic E-state index is -0.349. The van der Waals surface area contributed by atoms with Crippen molar-refractivity contribution >= 4 is 44.8 Å². The number of fused-ring (bicyclic) bond motifs is 3. The standard InChI is InChI=1S/C19H15ClN4O2S/c1-9-14-17-22-16(13-7-12(13)10-3-5-11(20)6-4-10)23-24(17)8-21-18(14)27-15(9)19(25)26-2/h3-6,8,12-13H,7H2,1-2H3. The van der Waals surface area contributed by atoms with Crippen LogP contribution in [0.3, 0.4) is 0 Å². The van der Waals surface area contributed by atoms with E-state index in [4.69, 9.17) is 21.3 Å². The van der Waals surface area contributed by atoms with Gasteiger partial charge in [0.2, 0.25) is 0 Å². The van der Waals surface area contributed by atoms with E-state index in [1.807, 2.05) is 19.1 Å². The van der Waals surface area contributed by atoms with Gasteiger partial charge in [0.25, 0.3) is 0 Å². The van der Waals surface area contributed by atoms with Gasteiger partial charge in [-0.3, -0.25) is 0 Å². The number of aryl methyl sites for hydroxylation is 1. The lowest BCUT2D eigenvalue weighted by atomic mass is 10.1. The molecule has 0 amide bonds. The van der Waals surface area contributed by atoms with Crippen molar-refractivity contribution in [2.45, 2.75) is 25.2 Å². The number of aromatic nitrogens is 4. The molecule has 1 aliphatic rings. The predicted molar refractivity (Wildman–Crippen MR) is 104 cm³/mol. The van der Waals surface area contributed by atoms with Gasteiger partial charge in [0.15, 0.2) is 11.5 Å². The highest BCUT2D eigenvalue weighted by atomic mass is 35.5. The Morgan fingerprint density at radius 3 is 2.81 bits per heavy atom. The summed E-state index contributed by atoms with van der Waals surface area (Å²) >= 11 is 7.31. The quantitative estimate of drug-likeness (QED) is 0.479. The van der Waals surface area contributed by atoms with Gasteiger partial charge < -0.3 is 4.74 Å². The number of ether oxygens (including phenoxy) is 1. The molecule has 2 atom stereocenters. The lowest BCUT2D eigenvalue weighted by molar-refractivity contribution is 0.0605. The Kier molecular flexibility index (Phi) is 3.70. The largest absolute Gasteiger partial charge is 0.465 e. The zero-order valence-electron chi connectivity index (χ0n) is 14.6. The maximum Gasteiger partial charge on any atom is 0.348 e. The van der Waals surface area contributed by atoms with E-state index in [2.05, 4.69) is 22.2 Å². The third kappa shape index (κ3) is 2.61. The van der Waals surface area contributed by atoms with Crippen LogP contribution in [0.15, 0.2) is 30.6 Å². The van der Waals surface area contributed by atoms with Crippen LogP contribution in [-0.4, -0.2) is 32.7 Å². The summed E-state index contributed by atoms with van der Waals surface area (Å²) in [5.41, 5.74) is 2.83. The van der Waals surface area contributed by atoms with Gasteiger partial charge in [0.1, 0.15) is 16.0 Å². The minimum Gasteiger partial charge on any atom is -0.465 e. The third-order valence-electron chi connectivity index (χ3n) is 5.07. The molecular weight excluding hydrogens is 384 g/mol. The first-order valence-corrected chi connectivity index (χ1v) is 9.74. The molecule has 0 spiro atoms. The van der Waals surface area contributed by atoms with E-state index >= 15 is 0 Å². The number of hydrogen-bond donors (Lipinski definition) is 0. The average molecular weight is 399 g/mol. The van der Waals surface area contributed by atoms with E-state index in [0.29, 0.717) is 16.7 Å². The highest BCUT2D eigenvalue weighted by molar-refractivity contribution is 7.20. The van der Waals surface area contributed by atoms with Gasteiger partial charge in [-0.15, -0.1) is 16.4 Å². The van der Waals surface area contributed by atoms with Crippen LogP contribution in [0.2, 0.25) is 5.02 Å². The Balaban J connectivity index is 1.56. The molecule has 5 rings (SSSR count). The summed E-state index contributed by atoms with van der Waals surface area (Å²) in [4.78, 5) is 22.6. The van der Waals surface area contributed by atoms with Gasteiger partial charge in [-0.05, 0) is 42.5 Å². The van der Waals surface area contributed by atoms with Crippen molar-refractivity contribution in [2.24, 2.45) is 0 Å². The summed E-state index contributed by atoms with van der Waals surface area (Å²) in [5.74, 6) is 1.17. The first-order valence-electron chi connectivity index (χ1n) is 8.55. The van der Waals surface area contributed by atoms with Gasteiger partial charge in [-0.25, -0.2) is 19.3 Å². The number of carbonyl (C=O) groups is 1. The fourth-order valence-electron chi connectivity index (χ4n) is 3.55. The Morgan fingerprint density at radius 1 is 1.30 bits per heavy atom.